The third kappa shape index (κ3) is 4.44. The number of hydrogen-bond donors (Lipinski definition) is 1. The van der Waals surface area contributed by atoms with Crippen LogP contribution in [0.2, 0.25) is 0 Å². The van der Waals surface area contributed by atoms with Crippen molar-refractivity contribution in [2.75, 3.05) is 13.1 Å². The Bertz CT molecular complexity index is 1270. The van der Waals surface area contributed by atoms with Crippen LogP contribution in [0.15, 0.2) is 79.0 Å². The number of piperidine rings is 1. The van der Waals surface area contributed by atoms with Gasteiger partial charge in [0.25, 0.3) is 5.91 Å². The van der Waals surface area contributed by atoms with Gasteiger partial charge in [-0.2, -0.15) is 0 Å². The van der Waals surface area contributed by atoms with E-state index < -0.39 is 0 Å². The van der Waals surface area contributed by atoms with E-state index in [-0.39, 0.29) is 23.8 Å². The van der Waals surface area contributed by atoms with Crippen molar-refractivity contribution >= 4 is 34.1 Å². The van der Waals surface area contributed by atoms with Gasteiger partial charge in [-0.25, -0.2) is 0 Å². The number of rotatable bonds is 5. The van der Waals surface area contributed by atoms with Crippen molar-refractivity contribution in [1.82, 2.24) is 14.8 Å². The number of benzene rings is 2. The van der Waals surface area contributed by atoms with E-state index >= 15 is 0 Å². The van der Waals surface area contributed by atoms with Gasteiger partial charge in [-0.15, -0.1) is 11.3 Å². The maximum absolute atomic E-state index is 13.1. The fourth-order valence-electron chi connectivity index (χ4n) is 4.50. The van der Waals surface area contributed by atoms with Gasteiger partial charge < -0.3 is 14.8 Å². The molecule has 4 aromatic rings. The monoisotopic (exact) mass is 457 g/mol. The first-order valence-electron chi connectivity index (χ1n) is 11.4. The minimum Gasteiger partial charge on any atom is -0.349 e. The van der Waals surface area contributed by atoms with Gasteiger partial charge in [0.05, 0.1) is 16.4 Å². The van der Waals surface area contributed by atoms with Gasteiger partial charge in [0.15, 0.2) is 0 Å². The highest BCUT2D eigenvalue weighted by molar-refractivity contribution is 7.16. The molecule has 1 fully saturated rings. The van der Waals surface area contributed by atoms with Crippen molar-refractivity contribution in [2.24, 2.45) is 5.92 Å². The van der Waals surface area contributed by atoms with E-state index in [2.05, 4.69) is 28.1 Å². The number of thiophene rings is 1. The molecule has 2 amide bonds. The van der Waals surface area contributed by atoms with Crippen molar-refractivity contribution in [2.45, 2.75) is 25.8 Å². The molecule has 33 heavy (non-hydrogen) atoms. The minimum absolute atomic E-state index is 0.0207. The lowest BCUT2D eigenvalue weighted by Crippen LogP contribution is -2.43. The van der Waals surface area contributed by atoms with Crippen molar-refractivity contribution in [1.29, 1.82) is 0 Å². The van der Waals surface area contributed by atoms with Crippen LogP contribution in [0, 0.1) is 5.92 Å². The zero-order valence-corrected chi connectivity index (χ0v) is 19.4. The molecule has 1 saturated heterocycles. The average Bonchev–Trinajstić information content (AvgIpc) is 3.51. The van der Waals surface area contributed by atoms with Crippen molar-refractivity contribution in [3.05, 3.63) is 89.4 Å². The van der Waals surface area contributed by atoms with Crippen LogP contribution in [-0.4, -0.2) is 34.4 Å². The summed E-state index contributed by atoms with van der Waals surface area (Å²) in [5.74, 6) is 0.0842. The maximum atomic E-state index is 13.1. The summed E-state index contributed by atoms with van der Waals surface area (Å²) >= 11 is 1.51. The van der Waals surface area contributed by atoms with Gasteiger partial charge in [0, 0.05) is 25.2 Å². The highest BCUT2D eigenvalue weighted by atomic mass is 32.1. The Balaban J connectivity index is 1.19. The third-order valence-electron chi connectivity index (χ3n) is 6.45. The van der Waals surface area contributed by atoms with E-state index in [0.717, 1.165) is 21.0 Å². The molecule has 0 saturated carbocycles. The van der Waals surface area contributed by atoms with Crippen molar-refractivity contribution in [3.8, 4) is 5.00 Å². The van der Waals surface area contributed by atoms with E-state index in [1.807, 2.05) is 72.6 Å². The lowest BCUT2D eigenvalue weighted by Gasteiger charge is -2.31. The standard InChI is InChI=1S/C27H27N3O2S/c1-19(20-7-3-2-4-8-20)28-26(31)22-13-16-29(17-14-22)27(32)24-11-12-25(33-24)30-18-15-21-9-5-6-10-23(21)30/h2-12,15,18-19,22H,13-14,16-17H2,1H3,(H,28,31)/t19-/m1/s1. The highest BCUT2D eigenvalue weighted by Gasteiger charge is 2.29. The molecule has 5 rings (SSSR count). The van der Waals surface area contributed by atoms with E-state index in [4.69, 9.17) is 0 Å². The molecular weight excluding hydrogens is 430 g/mol. The smallest absolute Gasteiger partial charge is 0.263 e. The first-order valence-corrected chi connectivity index (χ1v) is 12.2. The van der Waals surface area contributed by atoms with Gasteiger partial charge in [0.2, 0.25) is 5.91 Å². The Hall–Kier alpha value is -3.38. The summed E-state index contributed by atoms with van der Waals surface area (Å²) in [5, 5.41) is 5.34. The Kier molecular flexibility index (Phi) is 6.01. The molecule has 3 heterocycles. The van der Waals surface area contributed by atoms with E-state index in [9.17, 15) is 9.59 Å². The van der Waals surface area contributed by atoms with Gasteiger partial charge in [-0.05, 0) is 55.0 Å². The summed E-state index contributed by atoms with van der Waals surface area (Å²) in [6, 6.07) is 24.2. The second kappa shape index (κ2) is 9.24. The summed E-state index contributed by atoms with van der Waals surface area (Å²) in [6.45, 7) is 3.22. The Morgan fingerprint density at radius 2 is 1.67 bits per heavy atom. The molecule has 0 unspecified atom stereocenters. The highest BCUT2D eigenvalue weighted by Crippen LogP contribution is 2.28. The van der Waals surface area contributed by atoms with Gasteiger partial charge in [-0.3, -0.25) is 9.59 Å². The quantitative estimate of drug-likeness (QED) is 0.435. The van der Waals surface area contributed by atoms with Crippen LogP contribution in [0.4, 0.5) is 0 Å². The average molecular weight is 458 g/mol. The Morgan fingerprint density at radius 3 is 2.45 bits per heavy atom. The molecule has 1 N–H and O–H groups in total. The number of hydrogen-bond acceptors (Lipinski definition) is 3. The molecule has 0 radical (unpaired) electrons. The fourth-order valence-corrected chi connectivity index (χ4v) is 5.48. The molecular formula is C27H27N3O2S. The zero-order chi connectivity index (χ0) is 22.8. The molecule has 1 aliphatic heterocycles. The lowest BCUT2D eigenvalue weighted by atomic mass is 9.95. The predicted octanol–water partition coefficient (Wildman–Crippen LogP) is 5.42. The summed E-state index contributed by atoms with van der Waals surface area (Å²) in [4.78, 5) is 28.5. The van der Waals surface area contributed by atoms with Crippen LogP contribution in [-0.2, 0) is 4.79 Å². The molecule has 1 aliphatic rings. The summed E-state index contributed by atoms with van der Waals surface area (Å²) in [7, 11) is 0. The largest absolute Gasteiger partial charge is 0.349 e. The van der Waals surface area contributed by atoms with Crippen LogP contribution < -0.4 is 5.32 Å². The van der Waals surface area contributed by atoms with Crippen LogP contribution >= 0.6 is 11.3 Å². The third-order valence-corrected chi connectivity index (χ3v) is 7.52. The number of carbonyl (C=O) groups excluding carboxylic acids is 2. The predicted molar refractivity (Wildman–Crippen MR) is 133 cm³/mol. The second-order valence-electron chi connectivity index (χ2n) is 8.59. The van der Waals surface area contributed by atoms with Crippen LogP contribution in [0.5, 0.6) is 0 Å². The molecule has 0 spiro atoms. The van der Waals surface area contributed by atoms with Crippen LogP contribution in [0.1, 0.15) is 41.0 Å². The maximum Gasteiger partial charge on any atom is 0.263 e. The number of nitrogens with zero attached hydrogens (tertiary/aromatic N) is 2. The van der Waals surface area contributed by atoms with Crippen LogP contribution in [0.25, 0.3) is 15.9 Å². The number of likely N-dealkylation sites (tertiary alicyclic amines) is 1. The Morgan fingerprint density at radius 1 is 0.939 bits per heavy atom. The molecule has 2 aromatic carbocycles. The number of para-hydroxylation sites is 1. The van der Waals surface area contributed by atoms with E-state index in [0.29, 0.717) is 25.9 Å². The minimum atomic E-state index is -0.0506. The summed E-state index contributed by atoms with van der Waals surface area (Å²) in [5.41, 5.74) is 2.23. The number of nitrogens with one attached hydrogen (secondary N) is 1. The number of amides is 2. The molecule has 5 nitrogen and oxygen atoms in total. The molecule has 6 heteroatoms. The normalized spacial score (nSPS) is 15.5. The fraction of sp³-hybridized carbons (Fsp3) is 0.259. The molecule has 168 valence electrons. The first kappa shape index (κ1) is 21.5. The summed E-state index contributed by atoms with van der Waals surface area (Å²) < 4.78 is 2.13. The van der Waals surface area contributed by atoms with Crippen LogP contribution in [0.3, 0.4) is 0 Å². The molecule has 1 atom stereocenters. The number of carbonyl (C=O) groups is 2. The topological polar surface area (TPSA) is 54.3 Å². The van der Waals surface area contributed by atoms with Gasteiger partial charge in [0.1, 0.15) is 5.00 Å². The van der Waals surface area contributed by atoms with Gasteiger partial charge >= 0.3 is 0 Å². The van der Waals surface area contributed by atoms with E-state index in [1.54, 1.807) is 0 Å². The summed E-state index contributed by atoms with van der Waals surface area (Å²) in [6.07, 6.45) is 3.43. The molecule has 2 aromatic heterocycles. The Labute approximate surface area is 197 Å². The van der Waals surface area contributed by atoms with E-state index in [1.165, 1.54) is 16.7 Å². The number of fused-ring (bicyclic) bond motifs is 1. The molecule has 0 aliphatic carbocycles. The zero-order valence-electron chi connectivity index (χ0n) is 18.6. The molecule has 0 bridgehead atoms. The first-order chi connectivity index (χ1) is 16.1. The van der Waals surface area contributed by atoms with Gasteiger partial charge in [-0.1, -0.05) is 48.5 Å². The number of aromatic nitrogens is 1. The van der Waals surface area contributed by atoms with Crippen molar-refractivity contribution < 1.29 is 9.59 Å². The van der Waals surface area contributed by atoms with Crippen molar-refractivity contribution in [3.63, 3.8) is 0 Å². The second-order valence-corrected chi connectivity index (χ2v) is 9.65. The SMILES string of the molecule is C[C@@H](NC(=O)C1CCN(C(=O)c2ccc(-n3ccc4ccccc43)s2)CC1)c1ccccc1. The lowest BCUT2D eigenvalue weighted by molar-refractivity contribution is -0.126.